The molecule has 1 heterocycles. The van der Waals surface area contributed by atoms with Gasteiger partial charge in [0.2, 0.25) is 5.91 Å². The summed E-state index contributed by atoms with van der Waals surface area (Å²) in [6, 6.07) is 11.7. The standard InChI is InChI=1S/C20H14N2O3S2/c1-11-9-26-20(21-11)27-10-16(23)22-15-8-4-7-14-17(15)19(25)13-6-3-2-5-12(13)18(14)24/h2-9H,10H2,1H3,(H,22,23). The first kappa shape index (κ1) is 17.6. The van der Waals surface area contributed by atoms with Crippen LogP contribution in [0.2, 0.25) is 0 Å². The Labute approximate surface area is 163 Å². The number of thiazole rings is 1. The Balaban J connectivity index is 1.59. The second-order valence-corrected chi connectivity index (χ2v) is 8.10. The molecular weight excluding hydrogens is 380 g/mol. The summed E-state index contributed by atoms with van der Waals surface area (Å²) in [5.41, 5.74) is 2.62. The SMILES string of the molecule is Cc1csc(SCC(=O)Nc2cccc3c2C(=O)c2ccccc2C3=O)n1. The van der Waals surface area contributed by atoms with Gasteiger partial charge in [-0.2, -0.15) is 0 Å². The molecule has 1 aliphatic rings. The fourth-order valence-electron chi connectivity index (χ4n) is 2.96. The molecule has 0 unspecified atom stereocenters. The third-order valence-corrected chi connectivity index (χ3v) is 6.29. The van der Waals surface area contributed by atoms with Crippen molar-refractivity contribution in [2.75, 3.05) is 11.1 Å². The Bertz CT molecular complexity index is 1090. The topological polar surface area (TPSA) is 76.1 Å². The van der Waals surface area contributed by atoms with Gasteiger partial charge in [0.15, 0.2) is 15.9 Å². The molecule has 1 aliphatic carbocycles. The van der Waals surface area contributed by atoms with Crippen molar-refractivity contribution in [3.63, 3.8) is 0 Å². The lowest BCUT2D eigenvalue weighted by atomic mass is 9.83. The summed E-state index contributed by atoms with van der Waals surface area (Å²) in [6.45, 7) is 1.90. The minimum atomic E-state index is -0.251. The molecule has 0 radical (unpaired) electrons. The van der Waals surface area contributed by atoms with Crippen LogP contribution in [0.3, 0.4) is 0 Å². The molecule has 1 aromatic heterocycles. The number of hydrogen-bond donors (Lipinski definition) is 1. The molecule has 0 bridgehead atoms. The summed E-state index contributed by atoms with van der Waals surface area (Å²) in [5, 5.41) is 4.70. The normalized spacial score (nSPS) is 12.5. The zero-order valence-electron chi connectivity index (χ0n) is 14.3. The third-order valence-electron chi connectivity index (χ3n) is 4.15. The van der Waals surface area contributed by atoms with Gasteiger partial charge in [-0.25, -0.2) is 4.98 Å². The van der Waals surface area contributed by atoms with Gasteiger partial charge in [0.25, 0.3) is 0 Å². The quantitative estimate of drug-likeness (QED) is 0.530. The number of anilines is 1. The highest BCUT2D eigenvalue weighted by Gasteiger charge is 2.31. The number of thioether (sulfide) groups is 1. The largest absolute Gasteiger partial charge is 0.325 e. The van der Waals surface area contributed by atoms with Gasteiger partial charge in [-0.15, -0.1) is 11.3 Å². The van der Waals surface area contributed by atoms with Crippen molar-refractivity contribution in [2.45, 2.75) is 11.3 Å². The van der Waals surface area contributed by atoms with Crippen molar-refractivity contribution in [2.24, 2.45) is 0 Å². The summed E-state index contributed by atoms with van der Waals surface area (Å²) in [6.07, 6.45) is 0. The van der Waals surface area contributed by atoms with E-state index in [-0.39, 0.29) is 28.8 Å². The number of benzene rings is 2. The van der Waals surface area contributed by atoms with Crippen LogP contribution in [0.5, 0.6) is 0 Å². The van der Waals surface area contributed by atoms with Crippen LogP contribution in [0.1, 0.15) is 37.5 Å². The number of amides is 1. The predicted molar refractivity (Wildman–Crippen MR) is 106 cm³/mol. The second-order valence-electron chi connectivity index (χ2n) is 6.02. The van der Waals surface area contributed by atoms with Crippen molar-refractivity contribution >= 4 is 46.3 Å². The number of carbonyl (C=O) groups excluding carboxylic acids is 3. The molecule has 134 valence electrons. The molecule has 1 amide bonds. The van der Waals surface area contributed by atoms with E-state index in [2.05, 4.69) is 10.3 Å². The maximum atomic E-state index is 12.9. The third kappa shape index (κ3) is 3.31. The zero-order valence-corrected chi connectivity index (χ0v) is 15.9. The molecule has 0 atom stereocenters. The van der Waals surface area contributed by atoms with Gasteiger partial charge in [-0.3, -0.25) is 14.4 Å². The number of aryl methyl sites for hydroxylation is 1. The zero-order chi connectivity index (χ0) is 19.0. The van der Waals surface area contributed by atoms with Crippen molar-refractivity contribution in [1.82, 2.24) is 4.98 Å². The molecule has 3 aromatic rings. The molecule has 7 heteroatoms. The number of ketones is 2. The van der Waals surface area contributed by atoms with Crippen LogP contribution >= 0.6 is 23.1 Å². The van der Waals surface area contributed by atoms with E-state index in [4.69, 9.17) is 0 Å². The van der Waals surface area contributed by atoms with E-state index in [9.17, 15) is 14.4 Å². The number of fused-ring (bicyclic) bond motifs is 2. The smallest absolute Gasteiger partial charge is 0.234 e. The molecule has 0 saturated heterocycles. The highest BCUT2D eigenvalue weighted by atomic mass is 32.2. The van der Waals surface area contributed by atoms with Crippen LogP contribution in [0.25, 0.3) is 0 Å². The van der Waals surface area contributed by atoms with E-state index in [0.29, 0.717) is 22.4 Å². The number of nitrogens with one attached hydrogen (secondary N) is 1. The van der Waals surface area contributed by atoms with Crippen molar-refractivity contribution < 1.29 is 14.4 Å². The molecule has 5 nitrogen and oxygen atoms in total. The van der Waals surface area contributed by atoms with Gasteiger partial charge in [-0.05, 0) is 13.0 Å². The summed E-state index contributed by atoms with van der Waals surface area (Å²) in [5.74, 6) is -0.529. The van der Waals surface area contributed by atoms with E-state index in [1.54, 1.807) is 42.5 Å². The molecule has 27 heavy (non-hydrogen) atoms. The maximum absolute atomic E-state index is 12.9. The van der Waals surface area contributed by atoms with Crippen molar-refractivity contribution in [3.05, 3.63) is 75.8 Å². The number of hydrogen-bond acceptors (Lipinski definition) is 6. The van der Waals surface area contributed by atoms with Gasteiger partial charge in [0, 0.05) is 27.8 Å². The fourth-order valence-corrected chi connectivity index (χ4v) is 4.61. The molecule has 0 fully saturated rings. The van der Waals surface area contributed by atoms with E-state index < -0.39 is 0 Å². The highest BCUT2D eigenvalue weighted by Crippen LogP contribution is 2.32. The van der Waals surface area contributed by atoms with E-state index in [0.717, 1.165) is 10.0 Å². The molecule has 0 saturated carbocycles. The summed E-state index contributed by atoms with van der Waals surface area (Å²) in [4.78, 5) is 42.3. The second kappa shape index (κ2) is 7.09. The van der Waals surface area contributed by atoms with Crippen molar-refractivity contribution in [3.8, 4) is 0 Å². The first-order valence-electron chi connectivity index (χ1n) is 8.21. The lowest BCUT2D eigenvalue weighted by molar-refractivity contribution is -0.113. The number of rotatable bonds is 4. The Hall–Kier alpha value is -2.77. The Morgan fingerprint density at radius 2 is 1.74 bits per heavy atom. The van der Waals surface area contributed by atoms with E-state index >= 15 is 0 Å². The molecule has 1 N–H and O–H groups in total. The Kier molecular flexibility index (Phi) is 4.63. The van der Waals surface area contributed by atoms with Crippen LogP contribution in [0, 0.1) is 6.92 Å². The minimum Gasteiger partial charge on any atom is -0.325 e. The van der Waals surface area contributed by atoms with Gasteiger partial charge in [0.1, 0.15) is 0 Å². The molecule has 0 spiro atoms. The summed E-state index contributed by atoms with van der Waals surface area (Å²) >= 11 is 2.83. The number of nitrogens with zero attached hydrogens (tertiary/aromatic N) is 1. The Morgan fingerprint density at radius 3 is 2.44 bits per heavy atom. The Morgan fingerprint density at radius 1 is 1.04 bits per heavy atom. The van der Waals surface area contributed by atoms with Gasteiger partial charge in [-0.1, -0.05) is 48.2 Å². The predicted octanol–water partition coefficient (Wildman–Crippen LogP) is 3.96. The molecule has 0 aliphatic heterocycles. The lowest BCUT2D eigenvalue weighted by Gasteiger charge is -2.20. The van der Waals surface area contributed by atoms with E-state index in [1.807, 2.05) is 12.3 Å². The first-order valence-corrected chi connectivity index (χ1v) is 10.1. The lowest BCUT2D eigenvalue weighted by Crippen LogP contribution is -2.24. The number of carbonyl (C=O) groups is 3. The van der Waals surface area contributed by atoms with Gasteiger partial charge < -0.3 is 5.32 Å². The minimum absolute atomic E-state index is 0.176. The number of aromatic nitrogens is 1. The first-order chi connectivity index (χ1) is 13.0. The molecule has 4 rings (SSSR count). The molecular formula is C20H14N2O3S2. The maximum Gasteiger partial charge on any atom is 0.234 e. The molecule has 2 aromatic carbocycles. The van der Waals surface area contributed by atoms with Crippen LogP contribution in [-0.2, 0) is 4.79 Å². The fraction of sp³-hybridized carbons (Fsp3) is 0.100. The summed E-state index contributed by atoms with van der Waals surface area (Å²) in [7, 11) is 0. The van der Waals surface area contributed by atoms with E-state index in [1.165, 1.54) is 23.1 Å². The van der Waals surface area contributed by atoms with Crippen LogP contribution in [0.15, 0.2) is 52.2 Å². The average molecular weight is 394 g/mol. The van der Waals surface area contributed by atoms with Gasteiger partial charge in [0.05, 0.1) is 17.0 Å². The van der Waals surface area contributed by atoms with Gasteiger partial charge >= 0.3 is 0 Å². The summed E-state index contributed by atoms with van der Waals surface area (Å²) < 4.78 is 0.818. The highest BCUT2D eigenvalue weighted by molar-refractivity contribution is 8.01. The van der Waals surface area contributed by atoms with Crippen LogP contribution < -0.4 is 5.32 Å². The van der Waals surface area contributed by atoms with Crippen LogP contribution in [0.4, 0.5) is 5.69 Å². The average Bonchev–Trinajstić information content (AvgIpc) is 3.10. The van der Waals surface area contributed by atoms with Crippen molar-refractivity contribution in [1.29, 1.82) is 0 Å². The van der Waals surface area contributed by atoms with Crippen LogP contribution in [-0.4, -0.2) is 28.2 Å². The monoisotopic (exact) mass is 394 g/mol.